The van der Waals surface area contributed by atoms with E-state index in [1.807, 2.05) is 0 Å². The molecular weight excluding hydrogens is 338 g/mol. The van der Waals surface area contributed by atoms with Gasteiger partial charge in [0, 0.05) is 23.5 Å². The molecular formula is C14H18BrN3O3. The molecule has 2 rings (SSSR count). The summed E-state index contributed by atoms with van der Waals surface area (Å²) in [4.78, 5) is 14.4. The Bertz CT molecular complexity index is 562. The quantitative estimate of drug-likeness (QED) is 0.376. The first-order valence-corrected chi connectivity index (χ1v) is 7.46. The number of benzene rings is 1. The zero-order valence-corrected chi connectivity index (χ0v) is 13.3. The third-order valence-corrected chi connectivity index (χ3v) is 4.34. The lowest BCUT2D eigenvalue weighted by atomic mass is 9.96. The van der Waals surface area contributed by atoms with Gasteiger partial charge in [-0.15, -0.1) is 0 Å². The number of amidine groups is 1. The highest BCUT2D eigenvalue weighted by molar-refractivity contribution is 9.10. The van der Waals surface area contributed by atoms with Crippen molar-refractivity contribution in [1.29, 1.82) is 0 Å². The highest BCUT2D eigenvalue weighted by Gasteiger charge is 2.28. The SMILES string of the molecule is COc1ccc(Br)c(C(=O)N2CCCC(C(N)=NO)C2)c1. The van der Waals surface area contributed by atoms with Crippen molar-refractivity contribution in [3.05, 3.63) is 28.2 Å². The molecule has 21 heavy (non-hydrogen) atoms. The molecule has 1 amide bonds. The fourth-order valence-electron chi connectivity index (χ4n) is 2.45. The molecule has 0 aromatic heterocycles. The van der Waals surface area contributed by atoms with Crippen molar-refractivity contribution >= 4 is 27.7 Å². The monoisotopic (exact) mass is 355 g/mol. The minimum Gasteiger partial charge on any atom is -0.497 e. The maximum atomic E-state index is 12.6. The molecule has 1 aliphatic heterocycles. The highest BCUT2D eigenvalue weighted by atomic mass is 79.9. The Balaban J connectivity index is 2.19. The van der Waals surface area contributed by atoms with E-state index in [1.54, 1.807) is 30.2 Å². The molecule has 1 aromatic rings. The van der Waals surface area contributed by atoms with Gasteiger partial charge in [-0.1, -0.05) is 5.16 Å². The second-order valence-electron chi connectivity index (χ2n) is 4.96. The highest BCUT2D eigenvalue weighted by Crippen LogP contribution is 2.26. The zero-order valence-electron chi connectivity index (χ0n) is 11.8. The molecule has 0 bridgehead atoms. The van der Waals surface area contributed by atoms with Crippen LogP contribution in [-0.2, 0) is 0 Å². The Hall–Kier alpha value is -1.76. The van der Waals surface area contributed by atoms with Gasteiger partial charge in [-0.05, 0) is 47.0 Å². The molecule has 0 aliphatic carbocycles. The van der Waals surface area contributed by atoms with Crippen LogP contribution in [0.15, 0.2) is 27.8 Å². The predicted octanol–water partition coefficient (Wildman–Crippen LogP) is 2.06. The third kappa shape index (κ3) is 3.47. The van der Waals surface area contributed by atoms with E-state index in [0.717, 1.165) is 17.3 Å². The molecule has 0 saturated carbocycles. The first-order valence-electron chi connectivity index (χ1n) is 6.67. The number of ether oxygens (including phenoxy) is 1. The largest absolute Gasteiger partial charge is 0.497 e. The number of nitrogens with two attached hydrogens (primary N) is 1. The third-order valence-electron chi connectivity index (χ3n) is 3.65. The molecule has 1 aromatic carbocycles. The minimum absolute atomic E-state index is 0.0868. The van der Waals surface area contributed by atoms with Crippen molar-refractivity contribution in [3.8, 4) is 5.75 Å². The van der Waals surface area contributed by atoms with Crippen molar-refractivity contribution in [3.63, 3.8) is 0 Å². The summed E-state index contributed by atoms with van der Waals surface area (Å²) in [5.74, 6) is 0.622. The smallest absolute Gasteiger partial charge is 0.255 e. The van der Waals surface area contributed by atoms with Crippen LogP contribution in [0.5, 0.6) is 5.75 Å². The van der Waals surface area contributed by atoms with E-state index < -0.39 is 0 Å². The number of rotatable bonds is 3. The number of amides is 1. The van der Waals surface area contributed by atoms with Crippen LogP contribution in [-0.4, -0.2) is 42.0 Å². The number of methoxy groups -OCH3 is 1. The van der Waals surface area contributed by atoms with Crippen LogP contribution in [0.2, 0.25) is 0 Å². The number of oxime groups is 1. The molecule has 0 spiro atoms. The summed E-state index contributed by atoms with van der Waals surface area (Å²) >= 11 is 3.39. The van der Waals surface area contributed by atoms with E-state index in [0.29, 0.717) is 24.4 Å². The van der Waals surface area contributed by atoms with Gasteiger partial charge in [0.1, 0.15) is 11.6 Å². The molecule has 1 unspecified atom stereocenters. The Labute approximate surface area is 131 Å². The van der Waals surface area contributed by atoms with E-state index in [1.165, 1.54) is 0 Å². The number of hydrogen-bond acceptors (Lipinski definition) is 4. The Kier molecular flexibility index (Phi) is 5.06. The van der Waals surface area contributed by atoms with Crippen molar-refractivity contribution in [1.82, 2.24) is 4.90 Å². The lowest BCUT2D eigenvalue weighted by Crippen LogP contribution is -2.44. The summed E-state index contributed by atoms with van der Waals surface area (Å²) in [5.41, 5.74) is 6.21. The van der Waals surface area contributed by atoms with Gasteiger partial charge in [-0.25, -0.2) is 0 Å². The molecule has 1 aliphatic rings. The maximum Gasteiger partial charge on any atom is 0.255 e. The predicted molar refractivity (Wildman–Crippen MR) is 82.7 cm³/mol. The van der Waals surface area contributed by atoms with Gasteiger partial charge in [-0.3, -0.25) is 4.79 Å². The number of hydrogen-bond donors (Lipinski definition) is 2. The second kappa shape index (κ2) is 6.80. The normalized spacial score (nSPS) is 19.4. The fourth-order valence-corrected chi connectivity index (χ4v) is 2.87. The Morgan fingerprint density at radius 3 is 3.00 bits per heavy atom. The number of halogens is 1. The van der Waals surface area contributed by atoms with Crippen LogP contribution in [0, 0.1) is 5.92 Å². The van der Waals surface area contributed by atoms with Crippen molar-refractivity contribution in [2.24, 2.45) is 16.8 Å². The Morgan fingerprint density at radius 1 is 1.57 bits per heavy atom. The number of carbonyl (C=O) groups is 1. The molecule has 3 N–H and O–H groups in total. The second-order valence-corrected chi connectivity index (χ2v) is 5.82. The topological polar surface area (TPSA) is 88.2 Å². The summed E-state index contributed by atoms with van der Waals surface area (Å²) in [5, 5.41) is 11.8. The molecule has 1 atom stereocenters. The van der Waals surface area contributed by atoms with E-state index in [4.69, 9.17) is 15.7 Å². The van der Waals surface area contributed by atoms with E-state index in [2.05, 4.69) is 21.1 Å². The summed E-state index contributed by atoms with van der Waals surface area (Å²) in [6, 6.07) is 5.28. The molecule has 1 heterocycles. The van der Waals surface area contributed by atoms with Crippen LogP contribution < -0.4 is 10.5 Å². The lowest BCUT2D eigenvalue weighted by Gasteiger charge is -2.32. The van der Waals surface area contributed by atoms with E-state index >= 15 is 0 Å². The van der Waals surface area contributed by atoms with Crippen molar-refractivity contribution in [2.75, 3.05) is 20.2 Å². The lowest BCUT2D eigenvalue weighted by molar-refractivity contribution is 0.0700. The van der Waals surface area contributed by atoms with Gasteiger partial charge < -0.3 is 20.6 Å². The van der Waals surface area contributed by atoms with Crippen LogP contribution in [0.4, 0.5) is 0 Å². The van der Waals surface area contributed by atoms with Crippen LogP contribution in [0.3, 0.4) is 0 Å². The summed E-state index contributed by atoms with van der Waals surface area (Å²) in [7, 11) is 1.56. The average molecular weight is 356 g/mol. The number of piperidine rings is 1. The first-order chi connectivity index (χ1) is 10.1. The van der Waals surface area contributed by atoms with Gasteiger partial charge >= 0.3 is 0 Å². The zero-order chi connectivity index (χ0) is 15.4. The van der Waals surface area contributed by atoms with Crippen LogP contribution in [0.1, 0.15) is 23.2 Å². The fraction of sp³-hybridized carbons (Fsp3) is 0.429. The van der Waals surface area contributed by atoms with Crippen LogP contribution >= 0.6 is 15.9 Å². The summed E-state index contributed by atoms with van der Waals surface area (Å²) in [6.45, 7) is 1.12. The van der Waals surface area contributed by atoms with Gasteiger partial charge in [0.05, 0.1) is 12.7 Å². The van der Waals surface area contributed by atoms with Crippen molar-refractivity contribution in [2.45, 2.75) is 12.8 Å². The standard InChI is InChI=1S/C14H18BrN3O3/c1-21-10-4-5-12(15)11(7-10)14(19)18-6-2-3-9(8-18)13(16)17-20/h4-5,7,9,20H,2-3,6,8H2,1H3,(H2,16,17). The maximum absolute atomic E-state index is 12.6. The number of likely N-dealkylation sites (tertiary alicyclic amines) is 1. The van der Waals surface area contributed by atoms with Gasteiger partial charge in [0.15, 0.2) is 0 Å². The van der Waals surface area contributed by atoms with E-state index in [-0.39, 0.29) is 17.7 Å². The summed E-state index contributed by atoms with van der Waals surface area (Å²) in [6.07, 6.45) is 1.65. The molecule has 1 saturated heterocycles. The number of nitrogens with zero attached hydrogens (tertiary/aromatic N) is 2. The molecule has 1 fully saturated rings. The molecule has 0 radical (unpaired) electrons. The first kappa shape index (κ1) is 15.6. The van der Waals surface area contributed by atoms with Crippen molar-refractivity contribution < 1.29 is 14.7 Å². The van der Waals surface area contributed by atoms with Gasteiger partial charge in [0.2, 0.25) is 0 Å². The average Bonchev–Trinajstić information content (AvgIpc) is 2.54. The van der Waals surface area contributed by atoms with E-state index in [9.17, 15) is 4.79 Å². The van der Waals surface area contributed by atoms with Crippen LogP contribution in [0.25, 0.3) is 0 Å². The number of carbonyl (C=O) groups excluding carboxylic acids is 1. The van der Waals surface area contributed by atoms with Gasteiger partial charge in [0.25, 0.3) is 5.91 Å². The summed E-state index contributed by atoms with van der Waals surface area (Å²) < 4.78 is 5.88. The molecule has 6 nitrogen and oxygen atoms in total. The molecule has 7 heteroatoms. The minimum atomic E-state index is -0.0999. The molecule has 114 valence electrons. The Morgan fingerprint density at radius 2 is 2.33 bits per heavy atom. The van der Waals surface area contributed by atoms with Gasteiger partial charge in [-0.2, -0.15) is 0 Å².